The molecule has 0 radical (unpaired) electrons. The van der Waals surface area contributed by atoms with Gasteiger partial charge in [-0.1, -0.05) is 6.92 Å². The second kappa shape index (κ2) is 12.5. The lowest BCUT2D eigenvalue weighted by molar-refractivity contribution is -0.122. The number of halogens is 1. The molecule has 1 saturated heterocycles. The van der Waals surface area contributed by atoms with E-state index in [0.717, 1.165) is 55.6 Å². The average molecular weight is 508 g/mol. The molecule has 0 saturated carbocycles. The van der Waals surface area contributed by atoms with Crippen LogP contribution in [-0.4, -0.2) is 61.0 Å². The first-order valence-electron chi connectivity index (χ1n) is 9.41. The largest absolute Gasteiger partial charge is 0.355 e. The molecule has 1 aliphatic heterocycles. The van der Waals surface area contributed by atoms with E-state index in [2.05, 4.69) is 44.7 Å². The van der Waals surface area contributed by atoms with E-state index in [0.29, 0.717) is 19.1 Å². The highest BCUT2D eigenvalue weighted by molar-refractivity contribution is 14.0. The summed E-state index contributed by atoms with van der Waals surface area (Å²) in [7, 11) is 1.79. The van der Waals surface area contributed by atoms with Crippen LogP contribution in [0.2, 0.25) is 0 Å². The van der Waals surface area contributed by atoms with Gasteiger partial charge >= 0.3 is 0 Å². The third kappa shape index (κ3) is 8.30. The van der Waals surface area contributed by atoms with Crippen LogP contribution >= 0.6 is 35.3 Å². The molecule has 0 unspecified atom stereocenters. The molecule has 2 heterocycles. The van der Waals surface area contributed by atoms with Gasteiger partial charge in [-0.05, 0) is 33.1 Å². The Bertz CT molecular complexity index is 593. The lowest BCUT2D eigenvalue weighted by Crippen LogP contribution is -2.50. The molecule has 2 rings (SSSR count). The van der Waals surface area contributed by atoms with Crippen molar-refractivity contribution >= 4 is 47.2 Å². The predicted molar refractivity (Wildman–Crippen MR) is 123 cm³/mol. The van der Waals surface area contributed by atoms with E-state index in [1.165, 1.54) is 4.88 Å². The fourth-order valence-corrected chi connectivity index (χ4v) is 3.79. The van der Waals surface area contributed by atoms with Crippen LogP contribution in [0.3, 0.4) is 0 Å². The summed E-state index contributed by atoms with van der Waals surface area (Å²) in [5.74, 6) is 0.944. The molecular formula is C18H33IN6OS. The van der Waals surface area contributed by atoms with Crippen molar-refractivity contribution in [3.8, 4) is 0 Å². The molecule has 1 aromatic heterocycles. The topological polar surface area (TPSA) is 81.7 Å². The summed E-state index contributed by atoms with van der Waals surface area (Å²) in [4.78, 5) is 24.2. The zero-order valence-corrected chi connectivity index (χ0v) is 19.9. The molecule has 9 heteroatoms. The van der Waals surface area contributed by atoms with Gasteiger partial charge in [0.05, 0.1) is 18.8 Å². The smallest absolute Gasteiger partial charge is 0.234 e. The van der Waals surface area contributed by atoms with Crippen molar-refractivity contribution in [1.29, 1.82) is 0 Å². The Morgan fingerprint density at radius 1 is 1.30 bits per heavy atom. The molecule has 27 heavy (non-hydrogen) atoms. The van der Waals surface area contributed by atoms with E-state index in [-0.39, 0.29) is 29.9 Å². The molecule has 0 bridgehead atoms. The number of aryl methyl sites for hydroxylation is 2. The molecule has 1 fully saturated rings. The fraction of sp³-hybridized carbons (Fsp3) is 0.722. The minimum absolute atomic E-state index is 0. The summed E-state index contributed by atoms with van der Waals surface area (Å²) in [5, 5.41) is 10.9. The Morgan fingerprint density at radius 3 is 2.56 bits per heavy atom. The number of nitrogens with one attached hydrogen (secondary N) is 3. The molecule has 1 aliphatic rings. The average Bonchev–Trinajstić information content (AvgIpc) is 2.96. The minimum Gasteiger partial charge on any atom is -0.355 e. The Balaban J connectivity index is 0.00000364. The zero-order valence-electron chi connectivity index (χ0n) is 16.8. The summed E-state index contributed by atoms with van der Waals surface area (Å²) < 4.78 is 0. The van der Waals surface area contributed by atoms with Gasteiger partial charge in [-0.15, -0.1) is 35.3 Å². The number of carbonyl (C=O) groups excluding carboxylic acids is 1. The molecule has 3 N–H and O–H groups in total. The van der Waals surface area contributed by atoms with Gasteiger partial charge in [0.25, 0.3) is 0 Å². The first kappa shape index (κ1) is 24.1. The maximum absolute atomic E-state index is 11.8. The number of nitrogens with zero attached hydrogens (tertiary/aromatic N) is 3. The normalized spacial score (nSPS) is 15.9. The monoisotopic (exact) mass is 508 g/mol. The molecule has 1 aromatic rings. The summed E-state index contributed by atoms with van der Waals surface area (Å²) in [6.07, 6.45) is 3.00. The van der Waals surface area contributed by atoms with Crippen LogP contribution in [0.5, 0.6) is 0 Å². The van der Waals surface area contributed by atoms with Crippen molar-refractivity contribution in [2.75, 3.05) is 33.2 Å². The van der Waals surface area contributed by atoms with Crippen molar-refractivity contribution in [3.05, 3.63) is 15.6 Å². The van der Waals surface area contributed by atoms with Crippen molar-refractivity contribution < 1.29 is 4.79 Å². The SMILES string of the molecule is CCCNC(=O)CN1CCC(NC(=NC)NCc2nc(C)c(C)s2)CC1.I. The summed E-state index contributed by atoms with van der Waals surface area (Å²) in [5.41, 5.74) is 1.10. The lowest BCUT2D eigenvalue weighted by atomic mass is 10.1. The summed E-state index contributed by atoms with van der Waals surface area (Å²) >= 11 is 1.72. The van der Waals surface area contributed by atoms with Crippen LogP contribution in [0.15, 0.2) is 4.99 Å². The van der Waals surface area contributed by atoms with Crippen LogP contribution in [0.1, 0.15) is 41.8 Å². The van der Waals surface area contributed by atoms with Gasteiger partial charge in [0.1, 0.15) is 5.01 Å². The molecule has 0 aromatic carbocycles. The molecule has 7 nitrogen and oxygen atoms in total. The number of amides is 1. The molecule has 0 spiro atoms. The first-order valence-corrected chi connectivity index (χ1v) is 10.2. The maximum atomic E-state index is 11.8. The van der Waals surface area contributed by atoms with Gasteiger partial charge in [0.2, 0.25) is 5.91 Å². The van der Waals surface area contributed by atoms with Crippen LogP contribution in [0.25, 0.3) is 0 Å². The van der Waals surface area contributed by atoms with Gasteiger partial charge in [-0.3, -0.25) is 14.7 Å². The second-order valence-electron chi connectivity index (χ2n) is 6.72. The number of piperidine rings is 1. The molecule has 0 aliphatic carbocycles. The second-order valence-corrected chi connectivity index (χ2v) is 8.01. The number of guanidine groups is 1. The van der Waals surface area contributed by atoms with Gasteiger partial charge in [-0.25, -0.2) is 4.98 Å². The number of hydrogen-bond donors (Lipinski definition) is 3. The number of aliphatic imine (C=N–C) groups is 1. The quantitative estimate of drug-likeness (QED) is 0.299. The Labute approximate surface area is 183 Å². The Morgan fingerprint density at radius 2 is 2.00 bits per heavy atom. The third-order valence-corrected chi connectivity index (χ3v) is 5.64. The molecular weight excluding hydrogens is 475 g/mol. The standard InChI is InChI=1S/C18H32N6OS.HI/c1-5-8-20-16(25)12-24-9-6-15(7-10-24)23-18(19-4)21-11-17-22-13(2)14(3)26-17;/h15H,5-12H2,1-4H3,(H,20,25)(H2,19,21,23);1H. The lowest BCUT2D eigenvalue weighted by Gasteiger charge is -2.32. The van der Waals surface area contributed by atoms with Crippen LogP contribution < -0.4 is 16.0 Å². The number of rotatable bonds is 7. The Hall–Kier alpha value is -0.940. The highest BCUT2D eigenvalue weighted by atomic mass is 127. The fourth-order valence-electron chi connectivity index (χ4n) is 2.92. The number of aromatic nitrogens is 1. The van der Waals surface area contributed by atoms with Gasteiger partial charge in [-0.2, -0.15) is 0 Å². The van der Waals surface area contributed by atoms with E-state index >= 15 is 0 Å². The predicted octanol–water partition coefficient (Wildman–Crippen LogP) is 2.03. The van der Waals surface area contributed by atoms with Gasteiger partial charge < -0.3 is 16.0 Å². The molecule has 1 amide bonds. The van der Waals surface area contributed by atoms with E-state index in [9.17, 15) is 4.79 Å². The van der Waals surface area contributed by atoms with E-state index < -0.39 is 0 Å². The van der Waals surface area contributed by atoms with Crippen molar-refractivity contribution in [2.24, 2.45) is 4.99 Å². The van der Waals surface area contributed by atoms with Crippen molar-refractivity contribution in [1.82, 2.24) is 25.8 Å². The zero-order chi connectivity index (χ0) is 18.9. The first-order chi connectivity index (χ1) is 12.5. The minimum atomic E-state index is 0. The molecule has 154 valence electrons. The number of thiazole rings is 1. The van der Waals surface area contributed by atoms with Gasteiger partial charge in [0.15, 0.2) is 5.96 Å². The van der Waals surface area contributed by atoms with Crippen LogP contribution in [0.4, 0.5) is 0 Å². The van der Waals surface area contributed by atoms with E-state index in [1.807, 2.05) is 6.92 Å². The van der Waals surface area contributed by atoms with Crippen molar-refractivity contribution in [3.63, 3.8) is 0 Å². The number of carbonyl (C=O) groups is 1. The summed E-state index contributed by atoms with van der Waals surface area (Å²) in [6.45, 7) is 10.0. The highest BCUT2D eigenvalue weighted by Gasteiger charge is 2.21. The van der Waals surface area contributed by atoms with Gasteiger partial charge in [0, 0.05) is 37.6 Å². The van der Waals surface area contributed by atoms with Crippen LogP contribution in [0, 0.1) is 13.8 Å². The van der Waals surface area contributed by atoms with E-state index in [1.54, 1.807) is 18.4 Å². The maximum Gasteiger partial charge on any atom is 0.234 e. The number of hydrogen-bond acceptors (Lipinski definition) is 5. The molecule has 0 atom stereocenters. The highest BCUT2D eigenvalue weighted by Crippen LogP contribution is 2.16. The van der Waals surface area contributed by atoms with Crippen molar-refractivity contribution in [2.45, 2.75) is 52.6 Å². The third-order valence-electron chi connectivity index (χ3n) is 4.57. The summed E-state index contributed by atoms with van der Waals surface area (Å²) in [6, 6.07) is 0.385. The van der Waals surface area contributed by atoms with Crippen LogP contribution in [-0.2, 0) is 11.3 Å². The number of likely N-dealkylation sites (tertiary alicyclic amines) is 1. The van der Waals surface area contributed by atoms with E-state index in [4.69, 9.17) is 0 Å². The Kier molecular flexibility index (Phi) is 11.2.